The van der Waals surface area contributed by atoms with Gasteiger partial charge in [-0.05, 0) is 24.6 Å². The smallest absolute Gasteiger partial charge is 0.279 e. The number of hydrogen-bond donors (Lipinski definition) is 2. The summed E-state index contributed by atoms with van der Waals surface area (Å²) in [5.41, 5.74) is 1.94. The van der Waals surface area contributed by atoms with Crippen molar-refractivity contribution in [2.45, 2.75) is 26.3 Å². The minimum absolute atomic E-state index is 0.129. The van der Waals surface area contributed by atoms with Gasteiger partial charge in [-0.3, -0.25) is 19.9 Å². The molecule has 1 atom stereocenters. The average Bonchev–Trinajstić information content (AvgIpc) is 2.67. The van der Waals surface area contributed by atoms with E-state index in [2.05, 4.69) is 10.3 Å². The molecule has 0 aliphatic rings. The summed E-state index contributed by atoms with van der Waals surface area (Å²) in [7, 11) is 0. The Balaban J connectivity index is 2.26. The Morgan fingerprint density at radius 3 is 2.63 bits per heavy atom. The van der Waals surface area contributed by atoms with Gasteiger partial charge in [0.05, 0.1) is 16.4 Å². The molecule has 7 nitrogen and oxygen atoms in total. The predicted octanol–water partition coefficient (Wildman–Crippen LogP) is 3.77. The van der Waals surface area contributed by atoms with E-state index in [1.54, 1.807) is 13.0 Å². The van der Waals surface area contributed by atoms with Gasteiger partial charge in [-0.2, -0.15) is 0 Å². The zero-order chi connectivity index (χ0) is 19.6. The molecular weight excluding hydrogens is 346 g/mol. The standard InChI is InChI=1S/C20H19N3O4/c1-3-17(24)22-18(13-8-6-12(2)7-9-13)15-11-16(23(26)27)14-5-4-10-21-19(14)20(15)25/h4-11,18,25H,3H2,1-2H3,(H,22,24)/t18-/m0/s1. The highest BCUT2D eigenvalue weighted by Gasteiger charge is 2.26. The number of benzene rings is 2. The van der Waals surface area contributed by atoms with E-state index >= 15 is 0 Å². The summed E-state index contributed by atoms with van der Waals surface area (Å²) in [5, 5.41) is 25.4. The second kappa shape index (κ2) is 7.41. The van der Waals surface area contributed by atoms with Crippen LogP contribution in [-0.2, 0) is 4.79 Å². The van der Waals surface area contributed by atoms with E-state index in [4.69, 9.17) is 0 Å². The van der Waals surface area contributed by atoms with Crippen molar-refractivity contribution in [2.24, 2.45) is 0 Å². The Hall–Kier alpha value is -3.48. The summed E-state index contributed by atoms with van der Waals surface area (Å²) in [6.07, 6.45) is 1.71. The number of carbonyl (C=O) groups is 1. The molecule has 1 aromatic heterocycles. The van der Waals surface area contributed by atoms with Crippen LogP contribution in [0, 0.1) is 17.0 Å². The molecule has 0 aliphatic heterocycles. The molecular formula is C20H19N3O4. The number of nitrogens with one attached hydrogen (secondary N) is 1. The molecule has 0 radical (unpaired) electrons. The van der Waals surface area contributed by atoms with Gasteiger partial charge >= 0.3 is 0 Å². The van der Waals surface area contributed by atoms with Crippen LogP contribution >= 0.6 is 0 Å². The van der Waals surface area contributed by atoms with Crippen molar-refractivity contribution in [3.05, 3.63) is 75.5 Å². The first-order chi connectivity index (χ1) is 12.9. The van der Waals surface area contributed by atoms with E-state index in [1.165, 1.54) is 18.3 Å². The monoisotopic (exact) mass is 365 g/mol. The van der Waals surface area contributed by atoms with E-state index in [0.29, 0.717) is 5.56 Å². The Bertz CT molecular complexity index is 1020. The van der Waals surface area contributed by atoms with Crippen molar-refractivity contribution < 1.29 is 14.8 Å². The number of phenolic OH excluding ortho intramolecular Hbond substituents is 1. The van der Waals surface area contributed by atoms with Crippen LogP contribution in [0.15, 0.2) is 48.7 Å². The van der Waals surface area contributed by atoms with Gasteiger partial charge in [-0.15, -0.1) is 0 Å². The number of phenols is 1. The van der Waals surface area contributed by atoms with Crippen molar-refractivity contribution in [1.29, 1.82) is 0 Å². The van der Waals surface area contributed by atoms with Gasteiger partial charge in [-0.25, -0.2) is 0 Å². The highest BCUT2D eigenvalue weighted by atomic mass is 16.6. The summed E-state index contributed by atoms with van der Waals surface area (Å²) in [6.45, 7) is 3.65. The van der Waals surface area contributed by atoms with E-state index in [0.717, 1.165) is 5.56 Å². The lowest BCUT2D eigenvalue weighted by atomic mass is 9.94. The molecule has 0 unspecified atom stereocenters. The van der Waals surface area contributed by atoms with Crippen LogP contribution < -0.4 is 5.32 Å². The fourth-order valence-corrected chi connectivity index (χ4v) is 2.96. The Kier molecular flexibility index (Phi) is 5.03. The minimum atomic E-state index is -0.733. The SMILES string of the molecule is CCC(=O)N[C@@H](c1ccc(C)cc1)c1cc([N+](=O)[O-])c2cccnc2c1O. The molecule has 0 saturated heterocycles. The second-order valence-corrected chi connectivity index (χ2v) is 6.25. The molecule has 0 spiro atoms. The number of nitro groups is 1. The molecule has 3 aromatic rings. The van der Waals surface area contributed by atoms with Crippen LogP contribution in [-0.4, -0.2) is 20.9 Å². The number of fused-ring (bicyclic) bond motifs is 1. The van der Waals surface area contributed by atoms with E-state index in [1.807, 2.05) is 31.2 Å². The van der Waals surface area contributed by atoms with Crippen molar-refractivity contribution in [3.8, 4) is 5.75 Å². The number of nitrogens with zero attached hydrogens (tertiary/aromatic N) is 2. The normalized spacial score (nSPS) is 11.9. The van der Waals surface area contributed by atoms with Crippen LogP contribution in [0.2, 0.25) is 0 Å². The van der Waals surface area contributed by atoms with Crippen LogP contribution in [0.4, 0.5) is 5.69 Å². The zero-order valence-electron chi connectivity index (χ0n) is 15.0. The molecule has 138 valence electrons. The summed E-state index contributed by atoms with van der Waals surface area (Å²) in [5.74, 6) is -0.415. The quantitative estimate of drug-likeness (QED) is 0.529. The van der Waals surface area contributed by atoms with Crippen LogP contribution in [0.3, 0.4) is 0 Å². The molecule has 1 heterocycles. The lowest BCUT2D eigenvalue weighted by Crippen LogP contribution is -2.28. The number of rotatable bonds is 5. The first kappa shape index (κ1) is 18.3. The largest absolute Gasteiger partial charge is 0.505 e. The van der Waals surface area contributed by atoms with Crippen LogP contribution in [0.1, 0.15) is 36.1 Å². The predicted molar refractivity (Wildman–Crippen MR) is 102 cm³/mol. The van der Waals surface area contributed by atoms with Crippen molar-refractivity contribution in [2.75, 3.05) is 0 Å². The molecule has 0 saturated carbocycles. The van der Waals surface area contributed by atoms with Gasteiger partial charge in [0.2, 0.25) is 5.91 Å². The molecule has 2 aromatic carbocycles. The average molecular weight is 365 g/mol. The Labute approximate surface area is 155 Å². The first-order valence-electron chi connectivity index (χ1n) is 8.53. The van der Waals surface area contributed by atoms with Gasteiger partial charge in [-0.1, -0.05) is 36.8 Å². The number of nitro benzene ring substituents is 1. The number of pyridine rings is 1. The fourth-order valence-electron chi connectivity index (χ4n) is 2.96. The van der Waals surface area contributed by atoms with Gasteiger partial charge < -0.3 is 10.4 Å². The molecule has 0 bridgehead atoms. The number of aryl methyl sites for hydroxylation is 1. The summed E-state index contributed by atoms with van der Waals surface area (Å²) in [4.78, 5) is 27.3. The molecule has 1 amide bonds. The second-order valence-electron chi connectivity index (χ2n) is 6.25. The number of non-ortho nitro benzene ring substituents is 1. The summed E-state index contributed by atoms with van der Waals surface area (Å²) in [6, 6.07) is 11.1. The maximum atomic E-state index is 12.1. The van der Waals surface area contributed by atoms with Crippen LogP contribution in [0.5, 0.6) is 5.75 Å². The summed E-state index contributed by atoms with van der Waals surface area (Å²) >= 11 is 0. The number of aromatic hydroxyl groups is 1. The van der Waals surface area contributed by atoms with E-state index in [9.17, 15) is 20.0 Å². The maximum absolute atomic E-state index is 12.1. The molecule has 7 heteroatoms. The third-order valence-electron chi connectivity index (χ3n) is 4.42. The molecule has 0 aliphatic carbocycles. The minimum Gasteiger partial charge on any atom is -0.505 e. The lowest BCUT2D eigenvalue weighted by molar-refractivity contribution is -0.383. The van der Waals surface area contributed by atoms with Gasteiger partial charge in [0.15, 0.2) is 0 Å². The van der Waals surface area contributed by atoms with Crippen molar-refractivity contribution in [3.63, 3.8) is 0 Å². The van der Waals surface area contributed by atoms with E-state index < -0.39 is 11.0 Å². The topological polar surface area (TPSA) is 105 Å². The fraction of sp³-hybridized carbons (Fsp3) is 0.200. The van der Waals surface area contributed by atoms with E-state index in [-0.39, 0.29) is 40.2 Å². The molecule has 2 N–H and O–H groups in total. The van der Waals surface area contributed by atoms with Gasteiger partial charge in [0.1, 0.15) is 11.3 Å². The lowest BCUT2D eigenvalue weighted by Gasteiger charge is -2.21. The third-order valence-corrected chi connectivity index (χ3v) is 4.42. The van der Waals surface area contributed by atoms with Gasteiger partial charge in [0.25, 0.3) is 5.69 Å². The highest BCUT2D eigenvalue weighted by molar-refractivity contribution is 5.93. The molecule has 3 rings (SSSR count). The van der Waals surface area contributed by atoms with Crippen molar-refractivity contribution in [1.82, 2.24) is 10.3 Å². The molecule has 0 fully saturated rings. The van der Waals surface area contributed by atoms with Crippen LogP contribution in [0.25, 0.3) is 10.9 Å². The Morgan fingerprint density at radius 2 is 2.00 bits per heavy atom. The number of amides is 1. The third kappa shape index (κ3) is 3.57. The Morgan fingerprint density at radius 1 is 1.30 bits per heavy atom. The summed E-state index contributed by atoms with van der Waals surface area (Å²) < 4.78 is 0. The zero-order valence-corrected chi connectivity index (χ0v) is 15.0. The molecule has 27 heavy (non-hydrogen) atoms. The highest BCUT2D eigenvalue weighted by Crippen LogP contribution is 2.39. The number of carbonyl (C=O) groups excluding carboxylic acids is 1. The van der Waals surface area contributed by atoms with Gasteiger partial charge in [0, 0.05) is 24.2 Å². The van der Waals surface area contributed by atoms with Crippen molar-refractivity contribution >= 4 is 22.5 Å². The first-order valence-corrected chi connectivity index (χ1v) is 8.53. The number of hydrogen-bond acceptors (Lipinski definition) is 5. The number of aromatic nitrogens is 1. The maximum Gasteiger partial charge on any atom is 0.279 e.